The average Bonchev–Trinajstić information content (AvgIpc) is 2.68. The zero-order valence-corrected chi connectivity index (χ0v) is 11.8. The van der Waals surface area contributed by atoms with Crippen molar-refractivity contribution in [2.45, 2.75) is 19.3 Å². The summed E-state index contributed by atoms with van der Waals surface area (Å²) < 4.78 is 25.5. The number of halogens is 1. The van der Waals surface area contributed by atoms with Gasteiger partial charge in [-0.15, -0.1) is 22.9 Å². The summed E-state index contributed by atoms with van der Waals surface area (Å²) in [5.41, 5.74) is -0.187. The van der Waals surface area contributed by atoms with Crippen molar-refractivity contribution < 1.29 is 8.42 Å². The Labute approximate surface area is 106 Å². The van der Waals surface area contributed by atoms with Crippen LogP contribution in [-0.2, 0) is 15.4 Å². The molecule has 16 heavy (non-hydrogen) atoms. The molecule has 0 amide bonds. The van der Waals surface area contributed by atoms with Crippen LogP contribution in [0.1, 0.15) is 18.7 Å². The fraction of sp³-hybridized carbons (Fsp3) is 0.600. The van der Waals surface area contributed by atoms with E-state index in [1.165, 1.54) is 4.88 Å². The highest BCUT2D eigenvalue weighted by Crippen LogP contribution is 2.26. The molecule has 0 atom stereocenters. The summed E-state index contributed by atoms with van der Waals surface area (Å²) in [4.78, 5) is 1.17. The van der Waals surface area contributed by atoms with Crippen molar-refractivity contribution in [1.29, 1.82) is 0 Å². The molecule has 92 valence electrons. The van der Waals surface area contributed by atoms with Crippen LogP contribution in [0.4, 0.5) is 0 Å². The summed E-state index contributed by atoms with van der Waals surface area (Å²) in [5.74, 6) is 0.0871. The Morgan fingerprint density at radius 3 is 2.69 bits per heavy atom. The second-order valence-corrected chi connectivity index (χ2v) is 7.44. The predicted octanol–water partition coefficient (Wildman–Crippen LogP) is 2.18. The maximum Gasteiger partial charge on any atom is 0.212 e. The summed E-state index contributed by atoms with van der Waals surface area (Å²) in [6.07, 6.45) is 0. The second-order valence-electron chi connectivity index (χ2n) is 4.19. The van der Waals surface area contributed by atoms with Crippen molar-refractivity contribution in [3.63, 3.8) is 0 Å². The highest BCUT2D eigenvalue weighted by Gasteiger charge is 2.23. The minimum absolute atomic E-state index is 0.0327. The van der Waals surface area contributed by atoms with Crippen LogP contribution in [-0.4, -0.2) is 26.6 Å². The first kappa shape index (κ1) is 14.0. The summed E-state index contributed by atoms with van der Waals surface area (Å²) in [7, 11) is -3.23. The third-order valence-electron chi connectivity index (χ3n) is 2.27. The van der Waals surface area contributed by atoms with Gasteiger partial charge in [-0.05, 0) is 11.4 Å². The third-order valence-corrected chi connectivity index (χ3v) is 5.24. The van der Waals surface area contributed by atoms with Gasteiger partial charge in [-0.25, -0.2) is 13.1 Å². The molecule has 1 rings (SSSR count). The molecule has 1 N–H and O–H groups in total. The van der Waals surface area contributed by atoms with Crippen LogP contribution in [0.3, 0.4) is 0 Å². The van der Waals surface area contributed by atoms with Crippen LogP contribution in [0.25, 0.3) is 0 Å². The summed E-state index contributed by atoms with van der Waals surface area (Å²) in [5, 5.41) is 1.99. The topological polar surface area (TPSA) is 46.2 Å². The molecule has 0 saturated carbocycles. The lowest BCUT2D eigenvalue weighted by Gasteiger charge is -2.23. The minimum Gasteiger partial charge on any atom is -0.214 e. The molecule has 0 aliphatic rings. The Morgan fingerprint density at radius 2 is 2.19 bits per heavy atom. The van der Waals surface area contributed by atoms with Crippen LogP contribution in [0.15, 0.2) is 17.5 Å². The fourth-order valence-corrected chi connectivity index (χ4v) is 3.60. The molecule has 0 aliphatic heterocycles. The monoisotopic (exact) mass is 281 g/mol. The lowest BCUT2D eigenvalue weighted by Crippen LogP contribution is -2.37. The zero-order valence-electron chi connectivity index (χ0n) is 9.36. The van der Waals surface area contributed by atoms with Crippen molar-refractivity contribution in [1.82, 2.24) is 4.72 Å². The maximum atomic E-state index is 11.5. The van der Waals surface area contributed by atoms with Gasteiger partial charge in [0.1, 0.15) is 0 Å². The Morgan fingerprint density at radius 1 is 1.50 bits per heavy atom. The number of hydrogen-bond acceptors (Lipinski definition) is 3. The Bertz CT molecular complexity index is 412. The molecule has 0 bridgehead atoms. The molecule has 0 saturated heterocycles. The smallest absolute Gasteiger partial charge is 0.212 e. The van der Waals surface area contributed by atoms with Crippen molar-refractivity contribution in [3.8, 4) is 0 Å². The van der Waals surface area contributed by atoms with Gasteiger partial charge < -0.3 is 0 Å². The number of thiophene rings is 1. The predicted molar refractivity (Wildman–Crippen MR) is 69.9 cm³/mol. The lowest BCUT2D eigenvalue weighted by molar-refractivity contribution is 0.510. The Kier molecular flexibility index (Phi) is 4.79. The molecule has 0 aromatic carbocycles. The van der Waals surface area contributed by atoms with E-state index < -0.39 is 10.0 Å². The van der Waals surface area contributed by atoms with Gasteiger partial charge in [-0.1, -0.05) is 19.9 Å². The first-order valence-electron chi connectivity index (χ1n) is 4.95. The molecular formula is C10H16ClNO2S2. The molecule has 0 spiro atoms. The first-order valence-corrected chi connectivity index (χ1v) is 8.01. The first-order chi connectivity index (χ1) is 7.37. The molecule has 3 nitrogen and oxygen atoms in total. The summed E-state index contributed by atoms with van der Waals surface area (Å²) in [6, 6.07) is 3.98. The van der Waals surface area contributed by atoms with Crippen LogP contribution >= 0.6 is 22.9 Å². The van der Waals surface area contributed by atoms with E-state index in [1.807, 2.05) is 31.4 Å². The Balaban J connectivity index is 2.62. The number of rotatable bonds is 6. The van der Waals surface area contributed by atoms with E-state index in [2.05, 4.69) is 4.72 Å². The number of sulfonamides is 1. The normalized spacial score (nSPS) is 12.9. The third kappa shape index (κ3) is 4.05. The van der Waals surface area contributed by atoms with Crippen LogP contribution < -0.4 is 4.72 Å². The van der Waals surface area contributed by atoms with E-state index >= 15 is 0 Å². The van der Waals surface area contributed by atoms with Gasteiger partial charge >= 0.3 is 0 Å². The number of nitrogens with one attached hydrogen (secondary N) is 1. The van der Waals surface area contributed by atoms with Crippen molar-refractivity contribution in [2.75, 3.05) is 18.2 Å². The number of hydrogen-bond donors (Lipinski definition) is 1. The average molecular weight is 282 g/mol. The standard InChI is InChI=1S/C10H16ClNO2S2/c1-10(2,9-4-3-6-15-9)8-12-16(13,14)7-5-11/h3-4,6,12H,5,7-8H2,1-2H3. The zero-order chi connectivity index (χ0) is 12.2. The highest BCUT2D eigenvalue weighted by molar-refractivity contribution is 7.89. The van der Waals surface area contributed by atoms with Gasteiger partial charge in [0.25, 0.3) is 0 Å². The molecule has 0 unspecified atom stereocenters. The largest absolute Gasteiger partial charge is 0.214 e. The highest BCUT2D eigenvalue weighted by atomic mass is 35.5. The summed E-state index contributed by atoms with van der Waals surface area (Å²) in [6.45, 7) is 4.43. The van der Waals surface area contributed by atoms with E-state index in [-0.39, 0.29) is 17.0 Å². The van der Waals surface area contributed by atoms with Gasteiger partial charge in [0.05, 0.1) is 5.75 Å². The van der Waals surface area contributed by atoms with Crippen molar-refractivity contribution in [2.24, 2.45) is 0 Å². The maximum absolute atomic E-state index is 11.5. The van der Waals surface area contributed by atoms with E-state index in [4.69, 9.17) is 11.6 Å². The van der Waals surface area contributed by atoms with E-state index in [1.54, 1.807) is 11.3 Å². The van der Waals surface area contributed by atoms with E-state index in [0.29, 0.717) is 6.54 Å². The van der Waals surface area contributed by atoms with Gasteiger partial charge in [0.2, 0.25) is 10.0 Å². The van der Waals surface area contributed by atoms with Gasteiger partial charge in [0, 0.05) is 22.7 Å². The fourth-order valence-electron chi connectivity index (χ4n) is 1.21. The molecule has 0 radical (unpaired) electrons. The molecule has 1 aromatic rings. The van der Waals surface area contributed by atoms with E-state index in [0.717, 1.165) is 0 Å². The Hall–Kier alpha value is -0.100. The van der Waals surface area contributed by atoms with Crippen molar-refractivity contribution >= 4 is 33.0 Å². The molecule has 6 heteroatoms. The van der Waals surface area contributed by atoms with Crippen LogP contribution in [0.5, 0.6) is 0 Å². The van der Waals surface area contributed by atoms with Crippen LogP contribution in [0.2, 0.25) is 0 Å². The molecule has 1 aromatic heterocycles. The molecular weight excluding hydrogens is 266 g/mol. The van der Waals surface area contributed by atoms with Crippen molar-refractivity contribution in [3.05, 3.63) is 22.4 Å². The number of alkyl halides is 1. The van der Waals surface area contributed by atoms with Gasteiger partial charge in [-0.3, -0.25) is 0 Å². The molecule has 0 fully saturated rings. The van der Waals surface area contributed by atoms with E-state index in [9.17, 15) is 8.42 Å². The molecule has 0 aliphatic carbocycles. The second kappa shape index (κ2) is 5.49. The SMILES string of the molecule is CC(C)(CNS(=O)(=O)CCCl)c1cccs1. The van der Waals surface area contributed by atoms with Gasteiger partial charge in [-0.2, -0.15) is 0 Å². The minimum atomic E-state index is -3.23. The lowest BCUT2D eigenvalue weighted by atomic mass is 9.92. The quantitative estimate of drug-likeness (QED) is 0.813. The van der Waals surface area contributed by atoms with Crippen LogP contribution in [0, 0.1) is 0 Å². The summed E-state index contributed by atoms with van der Waals surface area (Å²) >= 11 is 7.05. The van der Waals surface area contributed by atoms with Gasteiger partial charge in [0.15, 0.2) is 0 Å². The molecule has 1 heterocycles.